The zero-order chi connectivity index (χ0) is 18.8. The van der Waals surface area contributed by atoms with Gasteiger partial charge in [-0.1, -0.05) is 30.9 Å². The molecule has 1 aliphatic rings. The molecule has 7 heteroatoms. The summed E-state index contributed by atoms with van der Waals surface area (Å²) in [5.41, 5.74) is 0.921. The molecule has 2 rings (SSSR count). The summed E-state index contributed by atoms with van der Waals surface area (Å²) >= 11 is 0. The van der Waals surface area contributed by atoms with Crippen LogP contribution in [0.1, 0.15) is 18.4 Å². The predicted octanol–water partition coefficient (Wildman–Crippen LogP) is 1.26. The topological polar surface area (TPSA) is 82.7 Å². The van der Waals surface area contributed by atoms with E-state index in [9.17, 15) is 9.59 Å². The number of piperidine rings is 1. The van der Waals surface area contributed by atoms with Gasteiger partial charge in [0.1, 0.15) is 12.4 Å². The summed E-state index contributed by atoms with van der Waals surface area (Å²) in [7, 11) is 1.64. The zero-order valence-corrected chi connectivity index (χ0v) is 15.3. The van der Waals surface area contributed by atoms with Crippen LogP contribution < -0.4 is 20.7 Å². The fourth-order valence-corrected chi connectivity index (χ4v) is 2.87. The number of hydrogen-bond donors (Lipinski definition) is 3. The minimum atomic E-state index is -0.187. The van der Waals surface area contributed by atoms with E-state index >= 15 is 0 Å². The van der Waals surface area contributed by atoms with Gasteiger partial charge in [-0.3, -0.25) is 9.69 Å². The van der Waals surface area contributed by atoms with Gasteiger partial charge in [0.2, 0.25) is 5.91 Å². The average Bonchev–Trinajstić information content (AvgIpc) is 2.66. The fourth-order valence-electron chi connectivity index (χ4n) is 2.87. The van der Waals surface area contributed by atoms with Gasteiger partial charge in [-0.25, -0.2) is 4.79 Å². The van der Waals surface area contributed by atoms with Crippen molar-refractivity contribution in [1.82, 2.24) is 20.9 Å². The van der Waals surface area contributed by atoms with E-state index in [-0.39, 0.29) is 18.0 Å². The van der Waals surface area contributed by atoms with Gasteiger partial charge in [0.15, 0.2) is 0 Å². The lowest BCUT2D eigenvalue weighted by molar-refractivity contribution is -0.122. The van der Waals surface area contributed by atoms with Gasteiger partial charge < -0.3 is 20.7 Å². The molecule has 1 aromatic carbocycles. The molecule has 1 saturated heterocycles. The molecule has 7 nitrogen and oxygen atoms in total. The number of urea groups is 1. The first-order valence-corrected chi connectivity index (χ1v) is 8.91. The van der Waals surface area contributed by atoms with Crippen LogP contribution in [0.5, 0.6) is 5.75 Å². The third kappa shape index (κ3) is 6.40. The SMILES string of the molecule is C=CCOc1ccccc1CNC(=O)NC1CCN(CC(=O)NC)CC1. The van der Waals surface area contributed by atoms with E-state index < -0.39 is 0 Å². The summed E-state index contributed by atoms with van der Waals surface area (Å²) in [6.45, 7) is 6.48. The molecule has 0 atom stereocenters. The summed E-state index contributed by atoms with van der Waals surface area (Å²) in [6.07, 6.45) is 3.36. The highest BCUT2D eigenvalue weighted by molar-refractivity contribution is 5.77. The third-order valence-corrected chi connectivity index (χ3v) is 4.34. The third-order valence-electron chi connectivity index (χ3n) is 4.34. The number of likely N-dealkylation sites (tertiary alicyclic amines) is 1. The largest absolute Gasteiger partial charge is 0.489 e. The smallest absolute Gasteiger partial charge is 0.315 e. The summed E-state index contributed by atoms with van der Waals surface area (Å²) < 4.78 is 5.59. The molecule has 142 valence electrons. The van der Waals surface area contributed by atoms with Crippen LogP contribution in [0.4, 0.5) is 4.79 Å². The molecule has 1 aromatic rings. The fraction of sp³-hybridized carbons (Fsp3) is 0.474. The minimum Gasteiger partial charge on any atom is -0.489 e. The van der Waals surface area contributed by atoms with E-state index in [0.717, 1.165) is 37.2 Å². The van der Waals surface area contributed by atoms with Crippen molar-refractivity contribution in [3.8, 4) is 5.75 Å². The molecule has 0 radical (unpaired) electrons. The molecule has 0 bridgehead atoms. The van der Waals surface area contributed by atoms with Crippen LogP contribution in [0.2, 0.25) is 0 Å². The Kier molecular flexibility index (Phi) is 7.95. The van der Waals surface area contributed by atoms with Crippen LogP contribution in [0.15, 0.2) is 36.9 Å². The Morgan fingerprint density at radius 1 is 1.31 bits per heavy atom. The second-order valence-electron chi connectivity index (χ2n) is 6.26. The number of hydrogen-bond acceptors (Lipinski definition) is 4. The van der Waals surface area contributed by atoms with Crippen molar-refractivity contribution in [2.75, 3.05) is 33.3 Å². The summed E-state index contributed by atoms with van der Waals surface area (Å²) in [5, 5.41) is 8.52. The van der Waals surface area contributed by atoms with E-state index in [4.69, 9.17) is 4.74 Å². The van der Waals surface area contributed by atoms with Gasteiger partial charge in [0.25, 0.3) is 0 Å². The summed E-state index contributed by atoms with van der Waals surface area (Å²) in [5.74, 6) is 0.765. The number of nitrogens with zero attached hydrogens (tertiary/aromatic N) is 1. The Bertz CT molecular complexity index is 613. The van der Waals surface area contributed by atoms with Crippen LogP contribution in [0.3, 0.4) is 0 Å². The lowest BCUT2D eigenvalue weighted by Crippen LogP contribution is -2.49. The maximum atomic E-state index is 12.2. The van der Waals surface area contributed by atoms with Gasteiger partial charge in [0, 0.05) is 38.3 Å². The molecule has 0 saturated carbocycles. The quantitative estimate of drug-likeness (QED) is 0.610. The number of para-hydroxylation sites is 1. The molecule has 0 spiro atoms. The molecule has 26 heavy (non-hydrogen) atoms. The second-order valence-corrected chi connectivity index (χ2v) is 6.26. The lowest BCUT2D eigenvalue weighted by Gasteiger charge is -2.31. The number of ether oxygens (including phenoxy) is 1. The number of amides is 3. The second kappa shape index (κ2) is 10.5. The van der Waals surface area contributed by atoms with E-state index in [1.807, 2.05) is 24.3 Å². The van der Waals surface area contributed by atoms with Crippen LogP contribution in [0, 0.1) is 0 Å². The summed E-state index contributed by atoms with van der Waals surface area (Å²) in [4.78, 5) is 25.7. The number of nitrogens with one attached hydrogen (secondary N) is 3. The van der Waals surface area contributed by atoms with Crippen LogP contribution >= 0.6 is 0 Å². The monoisotopic (exact) mass is 360 g/mol. The van der Waals surface area contributed by atoms with Crippen molar-refractivity contribution in [1.29, 1.82) is 0 Å². The average molecular weight is 360 g/mol. The van der Waals surface area contributed by atoms with Crippen molar-refractivity contribution in [3.05, 3.63) is 42.5 Å². The highest BCUT2D eigenvalue weighted by Crippen LogP contribution is 2.17. The van der Waals surface area contributed by atoms with Crippen LogP contribution in [0.25, 0.3) is 0 Å². The van der Waals surface area contributed by atoms with Crippen molar-refractivity contribution < 1.29 is 14.3 Å². The number of likely N-dealkylation sites (N-methyl/N-ethyl adjacent to an activating group) is 1. The van der Waals surface area contributed by atoms with Crippen molar-refractivity contribution in [3.63, 3.8) is 0 Å². The standard InChI is InChI=1S/C19H28N4O3/c1-3-12-26-17-7-5-4-6-15(17)13-21-19(25)22-16-8-10-23(11-9-16)14-18(24)20-2/h3-7,16H,1,8-14H2,2H3,(H,20,24)(H2,21,22,25). The lowest BCUT2D eigenvalue weighted by atomic mass is 10.1. The molecule has 3 amide bonds. The molecule has 0 aliphatic carbocycles. The van der Waals surface area contributed by atoms with E-state index in [2.05, 4.69) is 27.4 Å². The Hall–Kier alpha value is -2.54. The predicted molar refractivity (Wildman–Crippen MR) is 101 cm³/mol. The Morgan fingerprint density at radius 3 is 2.73 bits per heavy atom. The van der Waals surface area contributed by atoms with Gasteiger partial charge in [0.05, 0.1) is 6.54 Å². The Morgan fingerprint density at radius 2 is 2.04 bits per heavy atom. The number of carbonyl (C=O) groups excluding carboxylic acids is 2. The van der Waals surface area contributed by atoms with Gasteiger partial charge >= 0.3 is 6.03 Å². The van der Waals surface area contributed by atoms with Crippen LogP contribution in [-0.4, -0.2) is 56.2 Å². The Balaban J connectivity index is 1.73. The van der Waals surface area contributed by atoms with Gasteiger partial charge in [-0.2, -0.15) is 0 Å². The first kappa shape index (κ1) is 19.8. The van der Waals surface area contributed by atoms with Crippen LogP contribution in [-0.2, 0) is 11.3 Å². The number of carbonyl (C=O) groups is 2. The van der Waals surface area contributed by atoms with Crippen molar-refractivity contribution in [2.24, 2.45) is 0 Å². The molecule has 0 unspecified atom stereocenters. The molecule has 1 fully saturated rings. The maximum absolute atomic E-state index is 12.2. The first-order chi connectivity index (χ1) is 12.6. The minimum absolute atomic E-state index is 0.0199. The molecule has 1 heterocycles. The Labute approximate surface area is 154 Å². The number of rotatable bonds is 8. The number of benzene rings is 1. The molecule has 0 aromatic heterocycles. The molecular weight excluding hydrogens is 332 g/mol. The molecular formula is C19H28N4O3. The van der Waals surface area contributed by atoms with E-state index in [1.165, 1.54) is 0 Å². The normalized spacial score (nSPS) is 15.1. The van der Waals surface area contributed by atoms with Crippen molar-refractivity contribution in [2.45, 2.75) is 25.4 Å². The van der Waals surface area contributed by atoms with E-state index in [0.29, 0.717) is 19.7 Å². The first-order valence-electron chi connectivity index (χ1n) is 8.91. The maximum Gasteiger partial charge on any atom is 0.315 e. The van der Waals surface area contributed by atoms with Crippen molar-refractivity contribution >= 4 is 11.9 Å². The molecule has 1 aliphatic heterocycles. The van der Waals surface area contributed by atoms with Gasteiger partial charge in [-0.15, -0.1) is 0 Å². The summed E-state index contributed by atoms with van der Waals surface area (Å²) in [6, 6.07) is 7.56. The highest BCUT2D eigenvalue weighted by atomic mass is 16.5. The molecule has 3 N–H and O–H groups in total. The van der Waals surface area contributed by atoms with Gasteiger partial charge in [-0.05, 0) is 18.9 Å². The highest BCUT2D eigenvalue weighted by Gasteiger charge is 2.21. The zero-order valence-electron chi connectivity index (χ0n) is 15.3. The van der Waals surface area contributed by atoms with E-state index in [1.54, 1.807) is 13.1 Å².